The van der Waals surface area contributed by atoms with Crippen LogP contribution < -0.4 is 4.74 Å². The molecule has 1 aliphatic heterocycles. The van der Waals surface area contributed by atoms with Crippen molar-refractivity contribution in [3.8, 4) is 5.75 Å². The second kappa shape index (κ2) is 7.65. The molecule has 134 valence electrons. The van der Waals surface area contributed by atoms with Gasteiger partial charge in [-0.3, -0.25) is 9.88 Å². The van der Waals surface area contributed by atoms with Crippen molar-refractivity contribution < 1.29 is 4.74 Å². The molecule has 1 fully saturated rings. The van der Waals surface area contributed by atoms with E-state index in [9.17, 15) is 0 Å². The molecule has 1 aliphatic rings. The Bertz CT molecular complexity index is 886. The first-order valence-electron chi connectivity index (χ1n) is 9.15. The van der Waals surface area contributed by atoms with Crippen molar-refractivity contribution in [3.63, 3.8) is 0 Å². The maximum absolute atomic E-state index is 6.34. The number of piperidine rings is 1. The molecular formula is C22H23ClN2O. The zero-order valence-corrected chi connectivity index (χ0v) is 15.7. The van der Waals surface area contributed by atoms with Crippen molar-refractivity contribution in [1.29, 1.82) is 0 Å². The first-order valence-corrected chi connectivity index (χ1v) is 9.53. The molecule has 26 heavy (non-hydrogen) atoms. The molecule has 0 amide bonds. The maximum atomic E-state index is 6.34. The topological polar surface area (TPSA) is 25.4 Å². The van der Waals surface area contributed by atoms with E-state index >= 15 is 0 Å². The molecule has 1 saturated heterocycles. The summed E-state index contributed by atoms with van der Waals surface area (Å²) in [5, 5.41) is 3.14. The van der Waals surface area contributed by atoms with E-state index < -0.39 is 0 Å². The Kier molecular flexibility index (Phi) is 5.09. The number of likely N-dealkylation sites (tertiary alicyclic amines) is 1. The minimum atomic E-state index is 0.287. The zero-order chi connectivity index (χ0) is 17.9. The quantitative estimate of drug-likeness (QED) is 0.631. The van der Waals surface area contributed by atoms with Crippen molar-refractivity contribution in [3.05, 3.63) is 71.0 Å². The van der Waals surface area contributed by atoms with Crippen LogP contribution in [0.5, 0.6) is 5.75 Å². The summed E-state index contributed by atoms with van der Waals surface area (Å²) in [6.07, 6.45) is 6.13. The Morgan fingerprint density at radius 2 is 1.85 bits per heavy atom. The molecule has 0 unspecified atom stereocenters. The van der Waals surface area contributed by atoms with Gasteiger partial charge in [0.25, 0.3) is 0 Å². The van der Waals surface area contributed by atoms with E-state index in [0.717, 1.165) is 48.6 Å². The number of aromatic nitrogens is 1. The van der Waals surface area contributed by atoms with Crippen LogP contribution in [0.3, 0.4) is 0 Å². The second-order valence-corrected chi connectivity index (χ2v) is 7.50. The van der Waals surface area contributed by atoms with Crippen molar-refractivity contribution in [1.82, 2.24) is 9.88 Å². The fourth-order valence-corrected chi connectivity index (χ4v) is 3.69. The van der Waals surface area contributed by atoms with Crippen LogP contribution in [0.15, 0.2) is 54.9 Å². The molecule has 3 nitrogen and oxygen atoms in total. The second-order valence-electron chi connectivity index (χ2n) is 7.06. The van der Waals surface area contributed by atoms with Gasteiger partial charge in [-0.2, -0.15) is 0 Å². The minimum absolute atomic E-state index is 0.287. The fourth-order valence-electron chi connectivity index (χ4n) is 3.57. The van der Waals surface area contributed by atoms with E-state index in [1.165, 1.54) is 16.5 Å². The van der Waals surface area contributed by atoms with Crippen LogP contribution in [0.2, 0.25) is 5.02 Å². The molecule has 3 aromatic rings. The van der Waals surface area contributed by atoms with E-state index in [2.05, 4.69) is 41.1 Å². The number of pyridine rings is 1. The van der Waals surface area contributed by atoms with Crippen LogP contribution in [0, 0.1) is 6.92 Å². The number of rotatable bonds is 4. The van der Waals surface area contributed by atoms with Gasteiger partial charge in [0.1, 0.15) is 11.9 Å². The number of aryl methyl sites for hydroxylation is 1. The maximum Gasteiger partial charge on any atom is 0.123 e. The molecule has 0 N–H and O–H groups in total. The van der Waals surface area contributed by atoms with Gasteiger partial charge in [0.15, 0.2) is 0 Å². The smallest absolute Gasteiger partial charge is 0.123 e. The third-order valence-corrected chi connectivity index (χ3v) is 5.33. The highest BCUT2D eigenvalue weighted by Crippen LogP contribution is 2.28. The molecule has 2 aromatic carbocycles. The number of halogens is 1. The summed E-state index contributed by atoms with van der Waals surface area (Å²) in [6.45, 7) is 5.21. The van der Waals surface area contributed by atoms with E-state index in [1.807, 2.05) is 30.6 Å². The average Bonchev–Trinajstić information content (AvgIpc) is 2.66. The Balaban J connectivity index is 1.36. The Labute approximate surface area is 159 Å². The van der Waals surface area contributed by atoms with Crippen LogP contribution in [0.1, 0.15) is 24.0 Å². The summed E-state index contributed by atoms with van der Waals surface area (Å²) in [7, 11) is 0. The minimum Gasteiger partial charge on any atom is -0.490 e. The average molecular weight is 367 g/mol. The molecule has 0 aliphatic carbocycles. The molecule has 0 saturated carbocycles. The number of fused-ring (bicyclic) bond motifs is 1. The molecule has 1 aromatic heterocycles. The molecule has 4 rings (SSSR count). The highest BCUT2D eigenvalue weighted by molar-refractivity contribution is 6.30. The van der Waals surface area contributed by atoms with Crippen LogP contribution in [0.25, 0.3) is 10.8 Å². The number of benzene rings is 2. The lowest BCUT2D eigenvalue weighted by atomic mass is 10.1. The number of hydrogen-bond acceptors (Lipinski definition) is 3. The van der Waals surface area contributed by atoms with Crippen LogP contribution in [0.4, 0.5) is 0 Å². The van der Waals surface area contributed by atoms with Gasteiger partial charge in [-0.25, -0.2) is 0 Å². The van der Waals surface area contributed by atoms with E-state index in [-0.39, 0.29) is 6.10 Å². The largest absolute Gasteiger partial charge is 0.490 e. The van der Waals surface area contributed by atoms with Gasteiger partial charge in [-0.15, -0.1) is 0 Å². The monoisotopic (exact) mass is 366 g/mol. The van der Waals surface area contributed by atoms with E-state index in [4.69, 9.17) is 16.3 Å². The predicted octanol–water partition coefficient (Wildman–Crippen LogP) is 5.24. The molecule has 0 atom stereocenters. The van der Waals surface area contributed by atoms with Crippen LogP contribution in [-0.4, -0.2) is 29.1 Å². The molecule has 0 bridgehead atoms. The lowest BCUT2D eigenvalue weighted by molar-refractivity contribution is 0.0964. The van der Waals surface area contributed by atoms with Gasteiger partial charge in [-0.05, 0) is 66.6 Å². The Hall–Kier alpha value is -2.10. The number of nitrogens with zero attached hydrogens (tertiary/aromatic N) is 2. The normalized spacial score (nSPS) is 16.1. The van der Waals surface area contributed by atoms with Gasteiger partial charge >= 0.3 is 0 Å². The van der Waals surface area contributed by atoms with Crippen molar-refractivity contribution in [2.24, 2.45) is 0 Å². The van der Waals surface area contributed by atoms with Crippen LogP contribution >= 0.6 is 11.6 Å². The standard InChI is InChI=1S/C22H23ClN2O/c1-16-12-19-14-24-9-6-18(19)13-22(16)26-21-7-10-25(11-8-21)15-17-2-4-20(23)5-3-17/h2-6,9,12-14,21H,7-8,10-11,15H2,1H3. The predicted molar refractivity (Wildman–Crippen MR) is 107 cm³/mol. The summed E-state index contributed by atoms with van der Waals surface area (Å²) in [5.41, 5.74) is 2.49. The van der Waals surface area contributed by atoms with Gasteiger partial charge in [0.2, 0.25) is 0 Å². The zero-order valence-electron chi connectivity index (χ0n) is 15.0. The summed E-state index contributed by atoms with van der Waals surface area (Å²) in [4.78, 5) is 6.68. The molecular weight excluding hydrogens is 344 g/mol. The molecule has 4 heteroatoms. The Morgan fingerprint density at radius 1 is 1.08 bits per heavy atom. The third-order valence-electron chi connectivity index (χ3n) is 5.08. The molecule has 0 radical (unpaired) electrons. The van der Waals surface area contributed by atoms with Crippen LogP contribution in [-0.2, 0) is 6.54 Å². The Morgan fingerprint density at radius 3 is 2.62 bits per heavy atom. The summed E-state index contributed by atoms with van der Waals surface area (Å²) < 4.78 is 6.34. The summed E-state index contributed by atoms with van der Waals surface area (Å²) in [5.74, 6) is 1.000. The van der Waals surface area contributed by atoms with E-state index in [1.54, 1.807) is 0 Å². The van der Waals surface area contributed by atoms with Gasteiger partial charge in [0, 0.05) is 42.4 Å². The van der Waals surface area contributed by atoms with Crippen molar-refractivity contribution in [2.45, 2.75) is 32.4 Å². The van der Waals surface area contributed by atoms with Gasteiger partial charge < -0.3 is 4.74 Å². The van der Waals surface area contributed by atoms with Gasteiger partial charge in [0.05, 0.1) is 0 Å². The first-order chi connectivity index (χ1) is 12.7. The SMILES string of the molecule is Cc1cc2cnccc2cc1OC1CCN(Cc2ccc(Cl)cc2)CC1. The highest BCUT2D eigenvalue weighted by atomic mass is 35.5. The van der Waals surface area contributed by atoms with Crippen molar-refractivity contribution >= 4 is 22.4 Å². The lowest BCUT2D eigenvalue weighted by Crippen LogP contribution is -2.37. The van der Waals surface area contributed by atoms with E-state index in [0.29, 0.717) is 0 Å². The number of hydrogen-bond donors (Lipinski definition) is 0. The third kappa shape index (κ3) is 4.00. The van der Waals surface area contributed by atoms with Crippen molar-refractivity contribution in [2.75, 3.05) is 13.1 Å². The van der Waals surface area contributed by atoms with Gasteiger partial charge in [-0.1, -0.05) is 23.7 Å². The fraction of sp³-hybridized carbons (Fsp3) is 0.318. The highest BCUT2D eigenvalue weighted by Gasteiger charge is 2.21. The lowest BCUT2D eigenvalue weighted by Gasteiger charge is -2.32. The molecule has 0 spiro atoms. The molecule has 2 heterocycles. The number of ether oxygens (including phenoxy) is 1. The summed E-state index contributed by atoms with van der Waals surface area (Å²) in [6, 6.07) is 14.5. The first kappa shape index (κ1) is 17.3. The summed E-state index contributed by atoms with van der Waals surface area (Å²) >= 11 is 5.97.